The van der Waals surface area contributed by atoms with Crippen LogP contribution in [0.5, 0.6) is 0 Å². The quantitative estimate of drug-likeness (QED) is 0.705. The summed E-state index contributed by atoms with van der Waals surface area (Å²) in [6.45, 7) is 8.48. The normalized spacial score (nSPS) is 17.2. The Morgan fingerprint density at radius 1 is 0.857 bits per heavy atom. The van der Waals surface area contributed by atoms with Crippen LogP contribution < -0.4 is 5.32 Å². The van der Waals surface area contributed by atoms with Crippen LogP contribution in [0.15, 0.2) is 30.3 Å². The van der Waals surface area contributed by atoms with E-state index in [1.165, 1.54) is 64.0 Å². The van der Waals surface area contributed by atoms with Gasteiger partial charge in [-0.3, -0.25) is 4.90 Å². The molecule has 0 aromatic heterocycles. The van der Waals surface area contributed by atoms with Crippen LogP contribution in [0.1, 0.15) is 31.2 Å². The fraction of sp³-hybridized carbons (Fsp3) is 0.667. The Morgan fingerprint density at radius 2 is 1.52 bits per heavy atom. The highest BCUT2D eigenvalue weighted by Crippen LogP contribution is 2.09. The van der Waals surface area contributed by atoms with Gasteiger partial charge in [-0.25, -0.2) is 0 Å². The van der Waals surface area contributed by atoms with Crippen LogP contribution in [0.2, 0.25) is 0 Å². The van der Waals surface area contributed by atoms with Gasteiger partial charge in [-0.2, -0.15) is 0 Å². The average Bonchev–Trinajstić information content (AvgIpc) is 2.53. The van der Waals surface area contributed by atoms with Gasteiger partial charge in [-0.05, 0) is 38.5 Å². The maximum Gasteiger partial charge on any atom is 0.0234 e. The molecule has 1 fully saturated rings. The Morgan fingerprint density at radius 3 is 2.24 bits per heavy atom. The second kappa shape index (κ2) is 9.93. The van der Waals surface area contributed by atoms with Crippen molar-refractivity contribution >= 4 is 0 Å². The zero-order valence-electron chi connectivity index (χ0n) is 13.6. The molecule has 3 heteroatoms. The molecule has 1 heterocycles. The first-order valence-electron chi connectivity index (χ1n) is 8.52. The molecule has 0 radical (unpaired) electrons. The molecule has 1 saturated heterocycles. The Bertz CT molecular complexity index is 358. The summed E-state index contributed by atoms with van der Waals surface area (Å²) in [6.07, 6.45) is 5.43. The number of hydrogen-bond donors (Lipinski definition) is 1. The summed E-state index contributed by atoms with van der Waals surface area (Å²) >= 11 is 0. The summed E-state index contributed by atoms with van der Waals surface area (Å²) in [5.74, 6) is 0. The first-order chi connectivity index (χ1) is 10.4. The molecule has 1 aliphatic heterocycles. The third kappa shape index (κ3) is 6.60. The van der Waals surface area contributed by atoms with Gasteiger partial charge >= 0.3 is 0 Å². The van der Waals surface area contributed by atoms with E-state index in [9.17, 15) is 0 Å². The number of nitrogens with one attached hydrogen (secondary N) is 1. The van der Waals surface area contributed by atoms with Gasteiger partial charge in [0.05, 0.1) is 0 Å². The molecule has 118 valence electrons. The molecule has 3 nitrogen and oxygen atoms in total. The average molecular weight is 289 g/mol. The highest BCUT2D eigenvalue weighted by molar-refractivity contribution is 5.14. The van der Waals surface area contributed by atoms with Crippen molar-refractivity contribution in [1.29, 1.82) is 0 Å². The summed E-state index contributed by atoms with van der Waals surface area (Å²) in [5, 5.41) is 3.22. The van der Waals surface area contributed by atoms with Gasteiger partial charge in [0.2, 0.25) is 0 Å². The SMILES string of the molecule is CNCCCCCCN1CCN(Cc2ccccc2)CC1. The maximum absolute atomic E-state index is 3.22. The molecule has 1 aromatic rings. The summed E-state index contributed by atoms with van der Waals surface area (Å²) in [5.41, 5.74) is 1.44. The predicted octanol–water partition coefficient (Wildman–Crippen LogP) is 2.58. The number of unbranched alkanes of at least 4 members (excludes halogenated alkanes) is 3. The fourth-order valence-corrected chi connectivity index (χ4v) is 3.00. The largest absolute Gasteiger partial charge is 0.320 e. The van der Waals surface area contributed by atoms with E-state index in [4.69, 9.17) is 0 Å². The highest BCUT2D eigenvalue weighted by atomic mass is 15.3. The van der Waals surface area contributed by atoms with Gasteiger partial charge in [0, 0.05) is 32.7 Å². The minimum Gasteiger partial charge on any atom is -0.320 e. The Kier molecular flexibility index (Phi) is 7.79. The van der Waals surface area contributed by atoms with Gasteiger partial charge < -0.3 is 10.2 Å². The third-order valence-electron chi connectivity index (χ3n) is 4.37. The van der Waals surface area contributed by atoms with Crippen molar-refractivity contribution in [2.45, 2.75) is 32.2 Å². The molecule has 0 amide bonds. The van der Waals surface area contributed by atoms with E-state index in [1.54, 1.807) is 0 Å². The van der Waals surface area contributed by atoms with Crippen LogP contribution in [0.4, 0.5) is 0 Å². The Hall–Kier alpha value is -0.900. The van der Waals surface area contributed by atoms with Gasteiger partial charge in [-0.1, -0.05) is 43.2 Å². The first kappa shape index (κ1) is 16.5. The smallest absolute Gasteiger partial charge is 0.0234 e. The maximum atomic E-state index is 3.22. The molecule has 0 unspecified atom stereocenters. The van der Waals surface area contributed by atoms with Crippen molar-refractivity contribution < 1.29 is 0 Å². The number of nitrogens with zero attached hydrogens (tertiary/aromatic N) is 2. The number of piperazine rings is 1. The van der Waals surface area contributed by atoms with Crippen LogP contribution in [0.25, 0.3) is 0 Å². The number of benzene rings is 1. The van der Waals surface area contributed by atoms with E-state index in [-0.39, 0.29) is 0 Å². The van der Waals surface area contributed by atoms with Crippen molar-refractivity contribution in [2.75, 3.05) is 46.3 Å². The lowest BCUT2D eigenvalue weighted by molar-refractivity contribution is 0.125. The summed E-state index contributed by atoms with van der Waals surface area (Å²) < 4.78 is 0. The topological polar surface area (TPSA) is 18.5 Å². The second-order valence-electron chi connectivity index (χ2n) is 6.12. The molecular formula is C18H31N3. The molecule has 0 saturated carbocycles. The predicted molar refractivity (Wildman–Crippen MR) is 90.6 cm³/mol. The van der Waals surface area contributed by atoms with E-state index in [0.717, 1.165) is 13.1 Å². The molecule has 0 spiro atoms. The van der Waals surface area contributed by atoms with Crippen LogP contribution >= 0.6 is 0 Å². The van der Waals surface area contributed by atoms with Crippen LogP contribution in [0.3, 0.4) is 0 Å². The lowest BCUT2D eigenvalue weighted by atomic mass is 10.1. The molecule has 0 atom stereocenters. The molecule has 21 heavy (non-hydrogen) atoms. The zero-order valence-corrected chi connectivity index (χ0v) is 13.6. The molecule has 1 aromatic carbocycles. The van der Waals surface area contributed by atoms with E-state index in [1.807, 2.05) is 7.05 Å². The molecule has 1 aliphatic rings. The van der Waals surface area contributed by atoms with Crippen LogP contribution in [-0.4, -0.2) is 56.1 Å². The van der Waals surface area contributed by atoms with Crippen molar-refractivity contribution in [2.24, 2.45) is 0 Å². The van der Waals surface area contributed by atoms with Gasteiger partial charge in [0.25, 0.3) is 0 Å². The van der Waals surface area contributed by atoms with Crippen LogP contribution in [-0.2, 0) is 6.54 Å². The van der Waals surface area contributed by atoms with Gasteiger partial charge in [0.15, 0.2) is 0 Å². The summed E-state index contributed by atoms with van der Waals surface area (Å²) in [7, 11) is 2.04. The minimum atomic E-state index is 1.11. The lowest BCUT2D eigenvalue weighted by Gasteiger charge is -2.34. The van der Waals surface area contributed by atoms with Crippen LogP contribution in [0, 0.1) is 0 Å². The van der Waals surface area contributed by atoms with Crippen molar-refractivity contribution in [3.63, 3.8) is 0 Å². The number of rotatable bonds is 9. The molecule has 0 aliphatic carbocycles. The van der Waals surface area contributed by atoms with Crippen molar-refractivity contribution in [3.05, 3.63) is 35.9 Å². The Balaban J connectivity index is 1.54. The molecule has 0 bridgehead atoms. The molecule has 1 N–H and O–H groups in total. The monoisotopic (exact) mass is 289 g/mol. The van der Waals surface area contributed by atoms with E-state index in [2.05, 4.69) is 45.4 Å². The lowest BCUT2D eigenvalue weighted by Crippen LogP contribution is -2.46. The molecular weight excluding hydrogens is 258 g/mol. The third-order valence-corrected chi connectivity index (χ3v) is 4.37. The standard InChI is InChI=1S/C18H31N3/c1-19-11-7-2-3-8-12-20-13-15-21(16-14-20)17-18-9-5-4-6-10-18/h4-6,9-10,19H,2-3,7-8,11-17H2,1H3. The van der Waals surface area contributed by atoms with E-state index < -0.39 is 0 Å². The Labute approximate surface area is 130 Å². The highest BCUT2D eigenvalue weighted by Gasteiger charge is 2.16. The fourth-order valence-electron chi connectivity index (χ4n) is 3.00. The minimum absolute atomic E-state index is 1.11. The number of hydrogen-bond acceptors (Lipinski definition) is 3. The second-order valence-corrected chi connectivity index (χ2v) is 6.12. The van der Waals surface area contributed by atoms with Gasteiger partial charge in [0.1, 0.15) is 0 Å². The molecule has 2 rings (SSSR count). The summed E-state index contributed by atoms with van der Waals surface area (Å²) in [6, 6.07) is 10.8. The van der Waals surface area contributed by atoms with Crippen molar-refractivity contribution in [1.82, 2.24) is 15.1 Å². The zero-order chi connectivity index (χ0) is 14.8. The first-order valence-corrected chi connectivity index (χ1v) is 8.52. The van der Waals surface area contributed by atoms with E-state index >= 15 is 0 Å². The van der Waals surface area contributed by atoms with E-state index in [0.29, 0.717) is 0 Å². The van der Waals surface area contributed by atoms with Gasteiger partial charge in [-0.15, -0.1) is 0 Å². The summed E-state index contributed by atoms with van der Waals surface area (Å²) in [4.78, 5) is 5.22. The van der Waals surface area contributed by atoms with Crippen molar-refractivity contribution in [3.8, 4) is 0 Å².